The Labute approximate surface area is 49.3 Å². The molecule has 0 amide bonds. The normalized spacial score (nSPS) is 23.0. The Bertz CT molecular complexity index is 76.6. The molecular formula is C6H10NO. The Balaban J connectivity index is 2.22. The van der Waals surface area contributed by atoms with Crippen LogP contribution in [-0.4, -0.2) is 19.4 Å². The maximum Gasteiger partial charge on any atom is 0.201 e. The summed E-state index contributed by atoms with van der Waals surface area (Å²) in [7, 11) is 0. The van der Waals surface area contributed by atoms with Crippen LogP contribution in [0.1, 0.15) is 12.8 Å². The third-order valence-corrected chi connectivity index (χ3v) is 1.51. The van der Waals surface area contributed by atoms with Crippen molar-refractivity contribution in [1.29, 1.82) is 0 Å². The second kappa shape index (κ2) is 2.82. The predicted molar refractivity (Wildman–Crippen MR) is 31.3 cm³/mol. The van der Waals surface area contributed by atoms with Crippen molar-refractivity contribution >= 4 is 6.29 Å². The number of hydrogen-bond acceptors (Lipinski definition) is 2. The minimum absolute atomic E-state index is 0.219. The summed E-state index contributed by atoms with van der Waals surface area (Å²) in [5, 5.41) is 3.17. The van der Waals surface area contributed by atoms with E-state index < -0.39 is 0 Å². The molecule has 1 rings (SSSR count). The van der Waals surface area contributed by atoms with Gasteiger partial charge < -0.3 is 5.32 Å². The molecule has 1 heterocycles. The highest BCUT2D eigenvalue weighted by Gasteiger charge is 2.11. The van der Waals surface area contributed by atoms with Gasteiger partial charge in [0.05, 0.1) is 0 Å². The Kier molecular flexibility index (Phi) is 2.03. The Morgan fingerprint density at radius 3 is 2.38 bits per heavy atom. The summed E-state index contributed by atoms with van der Waals surface area (Å²) in [6.07, 6.45) is 3.97. The van der Waals surface area contributed by atoms with Crippen LogP contribution in [0.5, 0.6) is 0 Å². The lowest BCUT2D eigenvalue weighted by Gasteiger charge is -2.15. The highest BCUT2D eigenvalue weighted by Crippen LogP contribution is 2.06. The molecular weight excluding hydrogens is 102 g/mol. The molecule has 45 valence electrons. The van der Waals surface area contributed by atoms with Crippen molar-refractivity contribution < 1.29 is 4.79 Å². The Morgan fingerprint density at radius 2 is 2.00 bits per heavy atom. The van der Waals surface area contributed by atoms with Gasteiger partial charge in [0.15, 0.2) is 0 Å². The largest absolute Gasteiger partial charge is 0.317 e. The number of carbonyl (C=O) groups excluding carboxylic acids is 1. The standard InChI is InChI=1S/C6H10NO/c8-5-6-1-3-7-4-2-6/h6-7H,1-4H2. The van der Waals surface area contributed by atoms with Crippen LogP contribution in [0.25, 0.3) is 0 Å². The van der Waals surface area contributed by atoms with Crippen LogP contribution < -0.4 is 5.32 Å². The highest BCUT2D eigenvalue weighted by molar-refractivity contribution is 5.54. The van der Waals surface area contributed by atoms with Crippen molar-refractivity contribution in [1.82, 2.24) is 5.32 Å². The van der Waals surface area contributed by atoms with E-state index in [4.69, 9.17) is 0 Å². The van der Waals surface area contributed by atoms with Crippen LogP contribution in [0, 0.1) is 5.92 Å². The van der Waals surface area contributed by atoms with E-state index in [-0.39, 0.29) is 5.92 Å². The average molecular weight is 112 g/mol. The molecule has 0 unspecified atom stereocenters. The van der Waals surface area contributed by atoms with Crippen LogP contribution in [0.3, 0.4) is 0 Å². The molecule has 2 heteroatoms. The maximum atomic E-state index is 10.0. The maximum absolute atomic E-state index is 10.0. The van der Waals surface area contributed by atoms with Crippen molar-refractivity contribution in [2.24, 2.45) is 5.92 Å². The molecule has 0 aromatic heterocycles. The van der Waals surface area contributed by atoms with Crippen LogP contribution in [0.2, 0.25) is 0 Å². The molecule has 1 N–H and O–H groups in total. The Morgan fingerprint density at radius 1 is 1.38 bits per heavy atom. The molecule has 1 saturated heterocycles. The Hall–Kier alpha value is -0.370. The lowest BCUT2D eigenvalue weighted by Crippen LogP contribution is -2.28. The van der Waals surface area contributed by atoms with Gasteiger partial charge in [0.1, 0.15) is 0 Å². The summed E-state index contributed by atoms with van der Waals surface area (Å²) >= 11 is 0. The van der Waals surface area contributed by atoms with Crippen molar-refractivity contribution in [2.45, 2.75) is 12.8 Å². The number of rotatable bonds is 1. The van der Waals surface area contributed by atoms with Crippen LogP contribution in [-0.2, 0) is 4.79 Å². The fraction of sp³-hybridized carbons (Fsp3) is 0.833. The van der Waals surface area contributed by atoms with Crippen molar-refractivity contribution in [3.8, 4) is 0 Å². The average Bonchev–Trinajstić information content (AvgIpc) is 1.90. The molecule has 1 aliphatic heterocycles. The lowest BCUT2D eigenvalue weighted by atomic mass is 10.0. The van der Waals surface area contributed by atoms with Gasteiger partial charge in [-0.15, -0.1) is 0 Å². The van der Waals surface area contributed by atoms with Gasteiger partial charge in [-0.3, -0.25) is 4.79 Å². The fourth-order valence-electron chi connectivity index (χ4n) is 0.940. The van der Waals surface area contributed by atoms with Gasteiger partial charge in [-0.2, -0.15) is 0 Å². The smallest absolute Gasteiger partial charge is 0.201 e. The minimum Gasteiger partial charge on any atom is -0.317 e. The summed E-state index contributed by atoms with van der Waals surface area (Å²) in [4.78, 5) is 10.0. The van der Waals surface area contributed by atoms with E-state index in [1.165, 1.54) is 0 Å². The summed E-state index contributed by atoms with van der Waals surface area (Å²) in [5.41, 5.74) is 0. The van der Waals surface area contributed by atoms with Crippen molar-refractivity contribution in [3.05, 3.63) is 0 Å². The molecule has 0 bridgehead atoms. The zero-order chi connectivity index (χ0) is 5.82. The molecule has 1 radical (unpaired) electrons. The molecule has 1 fully saturated rings. The molecule has 0 atom stereocenters. The first-order valence-corrected chi connectivity index (χ1v) is 3.02. The van der Waals surface area contributed by atoms with Crippen molar-refractivity contribution in [2.75, 3.05) is 13.1 Å². The van der Waals surface area contributed by atoms with E-state index in [9.17, 15) is 4.79 Å². The zero-order valence-corrected chi connectivity index (χ0v) is 4.81. The summed E-state index contributed by atoms with van der Waals surface area (Å²) in [5.74, 6) is 0.219. The molecule has 0 aromatic carbocycles. The van der Waals surface area contributed by atoms with Gasteiger partial charge in [0.2, 0.25) is 6.29 Å². The summed E-state index contributed by atoms with van der Waals surface area (Å²) < 4.78 is 0. The topological polar surface area (TPSA) is 29.1 Å². The second-order valence-electron chi connectivity index (χ2n) is 2.14. The van der Waals surface area contributed by atoms with Crippen LogP contribution >= 0.6 is 0 Å². The highest BCUT2D eigenvalue weighted by atomic mass is 16.1. The summed E-state index contributed by atoms with van der Waals surface area (Å²) in [6, 6.07) is 0. The van der Waals surface area contributed by atoms with Gasteiger partial charge in [-0.05, 0) is 25.9 Å². The van der Waals surface area contributed by atoms with E-state index in [0.717, 1.165) is 25.9 Å². The lowest BCUT2D eigenvalue weighted by molar-refractivity contribution is 0.428. The van der Waals surface area contributed by atoms with Crippen LogP contribution in [0.4, 0.5) is 0 Å². The van der Waals surface area contributed by atoms with Crippen LogP contribution in [0.15, 0.2) is 0 Å². The second-order valence-corrected chi connectivity index (χ2v) is 2.14. The van der Waals surface area contributed by atoms with Gasteiger partial charge in [0, 0.05) is 5.92 Å². The molecule has 0 aliphatic carbocycles. The predicted octanol–water partition coefficient (Wildman–Crippen LogP) is 0.0957. The molecule has 0 saturated carbocycles. The van der Waals surface area contributed by atoms with Gasteiger partial charge in [-0.25, -0.2) is 0 Å². The zero-order valence-electron chi connectivity index (χ0n) is 4.81. The van der Waals surface area contributed by atoms with Crippen molar-refractivity contribution in [3.63, 3.8) is 0 Å². The summed E-state index contributed by atoms with van der Waals surface area (Å²) in [6.45, 7) is 1.97. The van der Waals surface area contributed by atoms with Gasteiger partial charge in [-0.1, -0.05) is 0 Å². The number of hydrogen-bond donors (Lipinski definition) is 1. The first kappa shape index (κ1) is 5.76. The van der Waals surface area contributed by atoms with E-state index in [2.05, 4.69) is 5.32 Å². The monoisotopic (exact) mass is 112 g/mol. The van der Waals surface area contributed by atoms with E-state index in [1.807, 2.05) is 6.29 Å². The quantitative estimate of drug-likeness (QED) is 0.521. The SMILES string of the molecule is O=[C]C1CCNCC1. The van der Waals surface area contributed by atoms with E-state index in [1.54, 1.807) is 0 Å². The molecule has 2 nitrogen and oxygen atoms in total. The minimum atomic E-state index is 0.219. The van der Waals surface area contributed by atoms with Gasteiger partial charge >= 0.3 is 0 Å². The van der Waals surface area contributed by atoms with E-state index >= 15 is 0 Å². The van der Waals surface area contributed by atoms with Gasteiger partial charge in [0.25, 0.3) is 0 Å². The molecule has 0 spiro atoms. The first-order chi connectivity index (χ1) is 3.93. The third-order valence-electron chi connectivity index (χ3n) is 1.51. The first-order valence-electron chi connectivity index (χ1n) is 3.02. The number of nitrogens with one attached hydrogen (secondary N) is 1. The van der Waals surface area contributed by atoms with E-state index in [0.29, 0.717) is 0 Å². The number of piperidine rings is 1. The fourth-order valence-corrected chi connectivity index (χ4v) is 0.940. The third kappa shape index (κ3) is 1.30. The molecule has 8 heavy (non-hydrogen) atoms. The molecule has 0 aromatic rings. The molecule has 1 aliphatic rings.